The number of nitro benzene ring substituents is 1. The summed E-state index contributed by atoms with van der Waals surface area (Å²) < 4.78 is 4.85. The van der Waals surface area contributed by atoms with Gasteiger partial charge >= 0.3 is 0 Å². The molecule has 1 saturated heterocycles. The van der Waals surface area contributed by atoms with Gasteiger partial charge in [0.15, 0.2) is 0 Å². The second-order valence-corrected chi connectivity index (χ2v) is 5.56. The van der Waals surface area contributed by atoms with Gasteiger partial charge in [-0.15, -0.1) is 0 Å². The monoisotopic (exact) mass is 327 g/mol. The van der Waals surface area contributed by atoms with Crippen molar-refractivity contribution in [3.8, 4) is 0 Å². The minimum absolute atomic E-state index is 0.0137. The summed E-state index contributed by atoms with van der Waals surface area (Å²) >= 11 is 6.21. The highest BCUT2D eigenvalue weighted by Gasteiger charge is 2.24. The van der Waals surface area contributed by atoms with Gasteiger partial charge in [-0.25, -0.2) is 0 Å². The number of carbonyl (C=O) groups excluding carboxylic acids is 1. The first kappa shape index (κ1) is 16.5. The van der Waals surface area contributed by atoms with Gasteiger partial charge in [0.2, 0.25) is 5.91 Å². The SMILES string of the molecule is COCC(=O)N1CCN(c2c(C)cc([N+](=O)[O-])cc2Cl)CC1. The number of hydrogen-bond donors (Lipinski definition) is 0. The van der Waals surface area contributed by atoms with Crippen LogP contribution in [0.5, 0.6) is 0 Å². The number of piperazine rings is 1. The lowest BCUT2D eigenvalue weighted by molar-refractivity contribution is -0.384. The maximum atomic E-state index is 11.8. The van der Waals surface area contributed by atoms with Crippen molar-refractivity contribution >= 4 is 28.9 Å². The molecule has 22 heavy (non-hydrogen) atoms. The van der Waals surface area contributed by atoms with E-state index in [0.29, 0.717) is 31.2 Å². The van der Waals surface area contributed by atoms with Crippen molar-refractivity contribution in [2.45, 2.75) is 6.92 Å². The number of nitrogens with zero attached hydrogens (tertiary/aromatic N) is 3. The Morgan fingerprint density at radius 3 is 2.50 bits per heavy atom. The minimum Gasteiger partial charge on any atom is -0.375 e. The van der Waals surface area contributed by atoms with Crippen molar-refractivity contribution in [1.82, 2.24) is 4.90 Å². The first-order valence-electron chi connectivity index (χ1n) is 6.90. The number of halogens is 1. The van der Waals surface area contributed by atoms with E-state index >= 15 is 0 Å². The van der Waals surface area contributed by atoms with Gasteiger partial charge in [-0.3, -0.25) is 14.9 Å². The number of anilines is 1. The predicted octanol–water partition coefficient (Wildman–Crippen LogP) is 1.85. The Morgan fingerprint density at radius 2 is 2.00 bits per heavy atom. The average Bonchev–Trinajstić information content (AvgIpc) is 2.47. The van der Waals surface area contributed by atoms with Gasteiger partial charge in [-0.1, -0.05) is 11.6 Å². The summed E-state index contributed by atoms with van der Waals surface area (Å²) in [6, 6.07) is 2.88. The summed E-state index contributed by atoms with van der Waals surface area (Å²) in [5, 5.41) is 11.2. The Kier molecular flexibility index (Phi) is 5.20. The van der Waals surface area contributed by atoms with Gasteiger partial charge < -0.3 is 14.5 Å². The lowest BCUT2D eigenvalue weighted by atomic mass is 10.1. The summed E-state index contributed by atoms with van der Waals surface area (Å²) in [7, 11) is 1.49. The number of hydrogen-bond acceptors (Lipinski definition) is 5. The minimum atomic E-state index is -0.454. The normalized spacial score (nSPS) is 15.0. The highest BCUT2D eigenvalue weighted by Crippen LogP contribution is 2.34. The molecular weight excluding hydrogens is 310 g/mol. The van der Waals surface area contributed by atoms with Crippen LogP contribution < -0.4 is 4.90 Å². The molecule has 7 nitrogen and oxygen atoms in total. The molecule has 0 bridgehead atoms. The van der Waals surface area contributed by atoms with Gasteiger partial charge in [0.25, 0.3) is 5.69 Å². The molecule has 1 aliphatic heterocycles. The molecule has 0 radical (unpaired) electrons. The summed E-state index contributed by atoms with van der Waals surface area (Å²) in [6.45, 7) is 4.31. The smallest absolute Gasteiger partial charge is 0.271 e. The maximum absolute atomic E-state index is 11.8. The van der Waals surface area contributed by atoms with Crippen molar-refractivity contribution in [2.75, 3.05) is 44.8 Å². The van der Waals surface area contributed by atoms with Gasteiger partial charge in [-0.2, -0.15) is 0 Å². The van der Waals surface area contributed by atoms with E-state index in [0.717, 1.165) is 11.3 Å². The Balaban J connectivity index is 2.12. The predicted molar refractivity (Wildman–Crippen MR) is 83.5 cm³/mol. The Bertz CT molecular complexity index is 562. The van der Waals surface area contributed by atoms with E-state index in [-0.39, 0.29) is 18.2 Å². The molecule has 0 spiro atoms. The number of ether oxygens (including phenoxy) is 1. The Labute approximate surface area is 133 Å². The van der Waals surface area contributed by atoms with E-state index in [1.807, 2.05) is 0 Å². The van der Waals surface area contributed by atoms with Crippen molar-refractivity contribution in [3.63, 3.8) is 0 Å². The zero-order valence-electron chi connectivity index (χ0n) is 12.5. The van der Waals surface area contributed by atoms with Crippen LogP contribution in [0.2, 0.25) is 5.02 Å². The number of rotatable bonds is 4. The molecule has 8 heteroatoms. The lowest BCUT2D eigenvalue weighted by Gasteiger charge is -2.37. The number of nitro groups is 1. The molecule has 0 unspecified atom stereocenters. The van der Waals surface area contributed by atoms with Gasteiger partial charge in [0.05, 0.1) is 15.6 Å². The number of methoxy groups -OCH3 is 1. The molecule has 1 aromatic rings. The summed E-state index contributed by atoms with van der Waals surface area (Å²) in [5.74, 6) is -0.0336. The van der Waals surface area contributed by atoms with E-state index in [9.17, 15) is 14.9 Å². The van der Waals surface area contributed by atoms with Crippen LogP contribution in [0.1, 0.15) is 5.56 Å². The van der Waals surface area contributed by atoms with Crippen LogP contribution in [0.25, 0.3) is 0 Å². The van der Waals surface area contributed by atoms with Crippen LogP contribution in [0, 0.1) is 17.0 Å². The van der Waals surface area contributed by atoms with Gasteiger partial charge in [-0.05, 0) is 12.5 Å². The average molecular weight is 328 g/mol. The maximum Gasteiger partial charge on any atom is 0.271 e. The topological polar surface area (TPSA) is 75.9 Å². The highest BCUT2D eigenvalue weighted by atomic mass is 35.5. The molecule has 0 aliphatic carbocycles. The van der Waals surface area contributed by atoms with E-state index < -0.39 is 4.92 Å². The molecule has 0 N–H and O–H groups in total. The molecule has 1 fully saturated rings. The summed E-state index contributed by atoms with van der Waals surface area (Å²) in [4.78, 5) is 26.0. The number of non-ortho nitro benzene ring substituents is 1. The standard InChI is InChI=1S/C14H18ClN3O4/c1-10-7-11(18(20)21)8-12(15)14(10)17-5-3-16(4-6-17)13(19)9-22-2/h7-8H,3-6,9H2,1-2H3. The van der Waals surface area contributed by atoms with Crippen LogP contribution in [-0.4, -0.2) is 55.6 Å². The van der Waals surface area contributed by atoms with Crippen molar-refractivity contribution in [1.29, 1.82) is 0 Å². The zero-order chi connectivity index (χ0) is 16.3. The number of amides is 1. The second kappa shape index (κ2) is 6.93. The summed E-state index contributed by atoms with van der Waals surface area (Å²) in [6.07, 6.45) is 0. The molecule has 0 atom stereocenters. The van der Waals surface area contributed by atoms with E-state index in [1.54, 1.807) is 11.8 Å². The van der Waals surface area contributed by atoms with Gasteiger partial charge in [0.1, 0.15) is 6.61 Å². The highest BCUT2D eigenvalue weighted by molar-refractivity contribution is 6.33. The Morgan fingerprint density at radius 1 is 1.36 bits per heavy atom. The number of aryl methyl sites for hydroxylation is 1. The fraction of sp³-hybridized carbons (Fsp3) is 0.500. The molecule has 1 amide bonds. The Hall–Kier alpha value is -1.86. The van der Waals surface area contributed by atoms with Crippen LogP contribution in [-0.2, 0) is 9.53 Å². The van der Waals surface area contributed by atoms with Crippen molar-refractivity contribution in [3.05, 3.63) is 32.8 Å². The molecule has 1 aromatic carbocycles. The van der Waals surface area contributed by atoms with Crippen LogP contribution in [0.15, 0.2) is 12.1 Å². The molecule has 1 aliphatic rings. The van der Waals surface area contributed by atoms with E-state index in [2.05, 4.69) is 4.90 Å². The number of benzene rings is 1. The van der Waals surface area contributed by atoms with Crippen molar-refractivity contribution in [2.24, 2.45) is 0 Å². The summed E-state index contributed by atoms with van der Waals surface area (Å²) in [5.41, 5.74) is 1.54. The van der Waals surface area contributed by atoms with Crippen molar-refractivity contribution < 1.29 is 14.5 Å². The van der Waals surface area contributed by atoms with E-state index in [1.165, 1.54) is 19.2 Å². The van der Waals surface area contributed by atoms with Crippen LogP contribution in [0.4, 0.5) is 11.4 Å². The van der Waals surface area contributed by atoms with Gasteiger partial charge in [0, 0.05) is 45.4 Å². The molecule has 1 heterocycles. The molecular formula is C14H18ClN3O4. The van der Waals surface area contributed by atoms with Crippen LogP contribution in [0.3, 0.4) is 0 Å². The molecule has 120 valence electrons. The lowest BCUT2D eigenvalue weighted by Crippen LogP contribution is -2.50. The molecule has 2 rings (SSSR count). The fourth-order valence-electron chi connectivity index (χ4n) is 2.62. The van der Waals surface area contributed by atoms with E-state index in [4.69, 9.17) is 16.3 Å². The quantitative estimate of drug-likeness (QED) is 0.623. The largest absolute Gasteiger partial charge is 0.375 e. The fourth-order valence-corrected chi connectivity index (χ4v) is 3.00. The third-order valence-corrected chi connectivity index (χ3v) is 3.95. The second-order valence-electron chi connectivity index (χ2n) is 5.15. The third kappa shape index (κ3) is 3.48. The first-order chi connectivity index (χ1) is 10.4. The molecule has 0 saturated carbocycles. The molecule has 0 aromatic heterocycles. The number of carbonyl (C=O) groups is 1. The first-order valence-corrected chi connectivity index (χ1v) is 7.28. The third-order valence-electron chi connectivity index (χ3n) is 3.67. The zero-order valence-corrected chi connectivity index (χ0v) is 13.3. The van der Waals surface area contributed by atoms with Crippen LogP contribution >= 0.6 is 11.6 Å².